The van der Waals surface area contributed by atoms with E-state index in [-0.39, 0.29) is 0 Å². The first-order chi connectivity index (χ1) is 10.3. The summed E-state index contributed by atoms with van der Waals surface area (Å²) in [6.07, 6.45) is 0. The average Bonchev–Trinajstić information content (AvgIpc) is 2.55. The number of hydrogen-bond acceptors (Lipinski definition) is 1. The molecule has 104 valence electrons. The largest absolute Gasteiger partial charge is 0.254 e. The Morgan fingerprint density at radius 2 is 0.952 bits per heavy atom. The molecule has 0 unspecified atom stereocenters. The van der Waals surface area contributed by atoms with E-state index in [9.17, 15) is 0 Å². The molecule has 0 aliphatic rings. The Kier molecular flexibility index (Phi) is 4.80. The van der Waals surface area contributed by atoms with Crippen LogP contribution in [0.1, 0.15) is 0 Å². The van der Waals surface area contributed by atoms with Crippen molar-refractivity contribution in [2.45, 2.75) is 0 Å². The minimum Gasteiger partial charge on any atom is -0.254 e. The first-order valence-electron chi connectivity index (χ1n) is 6.63. The van der Waals surface area contributed by atoms with Crippen LogP contribution in [0.15, 0.2) is 78.9 Å². The van der Waals surface area contributed by atoms with E-state index in [4.69, 9.17) is 0 Å². The molecule has 3 rings (SSSR count). The molecule has 0 aliphatic carbocycles. The van der Waals surface area contributed by atoms with Crippen molar-refractivity contribution in [3.63, 3.8) is 0 Å². The van der Waals surface area contributed by atoms with Gasteiger partial charge in [-0.05, 0) is 11.1 Å². The zero-order valence-electron chi connectivity index (χ0n) is 11.2. The lowest BCUT2D eigenvalue weighted by Gasteiger charge is -2.18. The zero-order valence-corrected chi connectivity index (χ0v) is 15.5. The van der Waals surface area contributed by atoms with E-state index in [1.165, 1.54) is 27.9 Å². The Morgan fingerprint density at radius 1 is 0.524 bits per heavy atom. The van der Waals surface area contributed by atoms with Gasteiger partial charge in [-0.25, -0.2) is 0 Å². The number of para-hydroxylation sites is 1. The lowest BCUT2D eigenvalue weighted by molar-refractivity contribution is 1.57. The lowest BCUT2D eigenvalue weighted by atomic mass is 9.96. The summed E-state index contributed by atoms with van der Waals surface area (Å²) in [6.45, 7) is 0. The van der Waals surface area contributed by atoms with Crippen molar-refractivity contribution in [3.05, 3.63) is 78.9 Å². The first-order valence-corrected chi connectivity index (χ1v) is 8.56. The molecule has 0 atom stereocenters. The van der Waals surface area contributed by atoms with Crippen molar-refractivity contribution in [2.75, 3.05) is 1.33 Å². The van der Waals surface area contributed by atoms with E-state index in [0.717, 1.165) is 0 Å². The molecule has 21 heavy (non-hydrogen) atoms. The molecule has 0 heterocycles. The number of benzene rings is 3. The van der Waals surface area contributed by atoms with Gasteiger partial charge in [0.05, 0.1) is 51.4 Å². The quantitative estimate of drug-likeness (QED) is 0.294. The molecule has 3 aromatic carbocycles. The van der Waals surface area contributed by atoms with Gasteiger partial charge in [-0.2, -0.15) is 0 Å². The number of rotatable bonds is 3. The molecule has 3 heteroatoms. The number of halogens is 2. The summed E-state index contributed by atoms with van der Waals surface area (Å²) < 4.78 is 2.14. The molecule has 0 aromatic heterocycles. The van der Waals surface area contributed by atoms with Gasteiger partial charge in [0.15, 0.2) is 0 Å². The molecule has 0 N–H and O–H groups in total. The minimum atomic E-state index is 1.23. The molecule has 3 aromatic rings. The Balaban J connectivity index is 2.24. The summed E-state index contributed by atoms with van der Waals surface area (Å²) >= 11 is 4.67. The smallest absolute Gasteiger partial charge is 0.0720 e. The van der Waals surface area contributed by atoms with Crippen molar-refractivity contribution in [2.24, 2.45) is 0 Å². The second-order valence-electron chi connectivity index (χ2n) is 4.67. The molecule has 0 bridgehead atoms. The van der Waals surface area contributed by atoms with Crippen molar-refractivity contribution < 1.29 is 0 Å². The second kappa shape index (κ2) is 6.79. The van der Waals surface area contributed by atoms with Crippen molar-refractivity contribution in [1.82, 2.24) is 0 Å². The first kappa shape index (κ1) is 14.8. The number of anilines is 1. The lowest BCUT2D eigenvalue weighted by Crippen LogP contribution is -1.97. The highest BCUT2D eigenvalue weighted by Crippen LogP contribution is 2.42. The molecular weight excluding hydrogens is 484 g/mol. The Morgan fingerprint density at radius 3 is 1.33 bits per heavy atom. The Hall–Kier alpha value is -1.08. The van der Waals surface area contributed by atoms with Gasteiger partial charge in [0.1, 0.15) is 0 Å². The van der Waals surface area contributed by atoms with Gasteiger partial charge >= 0.3 is 0 Å². The number of nitrogens with zero attached hydrogens (tertiary/aromatic N) is 1. The molecule has 0 radical (unpaired) electrons. The van der Waals surface area contributed by atoms with E-state index in [0.29, 0.717) is 0 Å². The van der Waals surface area contributed by atoms with Crippen LogP contribution >= 0.6 is 45.7 Å². The average molecular weight is 497 g/mol. The summed E-state index contributed by atoms with van der Waals surface area (Å²) in [5.74, 6) is 0. The van der Waals surface area contributed by atoms with Crippen LogP contribution in [-0.4, -0.2) is 0 Å². The maximum atomic E-state index is 2.33. The van der Waals surface area contributed by atoms with Gasteiger partial charge in [0.2, 0.25) is 0 Å². The molecule has 0 saturated carbocycles. The van der Waals surface area contributed by atoms with Gasteiger partial charge in [-0.15, -0.1) is 0 Å². The molecule has 0 fully saturated rings. The van der Waals surface area contributed by atoms with Crippen LogP contribution in [0, 0.1) is 0 Å². The monoisotopic (exact) mass is 497 g/mol. The fourth-order valence-corrected chi connectivity index (χ4v) is 3.47. The maximum Gasteiger partial charge on any atom is 0.0720 e. The van der Waals surface area contributed by atoms with Gasteiger partial charge in [0.25, 0.3) is 0 Å². The van der Waals surface area contributed by atoms with E-state index < -0.39 is 0 Å². The summed E-state index contributed by atoms with van der Waals surface area (Å²) in [5.41, 5.74) is 6.21. The van der Waals surface area contributed by atoms with Gasteiger partial charge < -0.3 is 0 Å². The van der Waals surface area contributed by atoms with Crippen LogP contribution < -0.4 is 1.33 Å². The highest BCUT2D eigenvalue weighted by molar-refractivity contribution is 14.2. The molecule has 1 nitrogen and oxygen atoms in total. The molecule has 0 saturated heterocycles. The topological polar surface area (TPSA) is 3.24 Å². The highest BCUT2D eigenvalue weighted by atomic mass is 127. The van der Waals surface area contributed by atoms with E-state index >= 15 is 0 Å². The van der Waals surface area contributed by atoms with Gasteiger partial charge in [0, 0.05) is 11.1 Å². The van der Waals surface area contributed by atoms with Crippen LogP contribution in [0.25, 0.3) is 22.3 Å². The highest BCUT2D eigenvalue weighted by Gasteiger charge is 2.14. The van der Waals surface area contributed by atoms with Crippen LogP contribution in [0.5, 0.6) is 0 Å². The summed E-state index contributed by atoms with van der Waals surface area (Å²) in [4.78, 5) is 0. The van der Waals surface area contributed by atoms with Crippen LogP contribution in [0.3, 0.4) is 0 Å². The fraction of sp³-hybridized carbons (Fsp3) is 0. The predicted octanol–water partition coefficient (Wildman–Crippen LogP) is 6.53. The van der Waals surface area contributed by atoms with Gasteiger partial charge in [-0.1, -0.05) is 78.9 Å². The standard InChI is InChI=1S/C18H13I2N/c19-21(20)18-16(14-8-3-1-4-9-14)12-7-13-17(18)15-10-5-2-6-11-15/h1-13H. The predicted molar refractivity (Wildman–Crippen MR) is 108 cm³/mol. The van der Waals surface area contributed by atoms with Crippen molar-refractivity contribution in [1.29, 1.82) is 0 Å². The summed E-state index contributed by atoms with van der Waals surface area (Å²) in [7, 11) is 0. The van der Waals surface area contributed by atoms with Crippen LogP contribution in [0.2, 0.25) is 0 Å². The fourth-order valence-electron chi connectivity index (χ4n) is 2.43. The molecule has 0 amide bonds. The SMILES string of the molecule is IN(I)c1c(-c2ccccc2)cccc1-c1ccccc1. The number of hydrogen-bond donors (Lipinski definition) is 0. The minimum absolute atomic E-state index is 1.23. The molecule has 0 aliphatic heterocycles. The van der Waals surface area contributed by atoms with E-state index in [1.807, 2.05) is 0 Å². The summed E-state index contributed by atoms with van der Waals surface area (Å²) in [5, 5.41) is 0. The third-order valence-electron chi connectivity index (χ3n) is 3.37. The summed E-state index contributed by atoms with van der Waals surface area (Å²) in [6, 6.07) is 27.6. The van der Waals surface area contributed by atoms with Crippen LogP contribution in [0.4, 0.5) is 5.69 Å². The van der Waals surface area contributed by atoms with E-state index in [2.05, 4.69) is 126 Å². The Labute approximate surface area is 153 Å². The third kappa shape index (κ3) is 3.23. The van der Waals surface area contributed by atoms with E-state index in [1.54, 1.807) is 0 Å². The molecular formula is C18H13I2N. The zero-order chi connectivity index (χ0) is 14.7. The third-order valence-corrected chi connectivity index (χ3v) is 4.34. The van der Waals surface area contributed by atoms with Crippen molar-refractivity contribution in [3.8, 4) is 22.3 Å². The Bertz CT molecular complexity index is 667. The van der Waals surface area contributed by atoms with Crippen LogP contribution in [-0.2, 0) is 0 Å². The molecule has 0 spiro atoms. The second-order valence-corrected chi connectivity index (χ2v) is 8.44. The van der Waals surface area contributed by atoms with Crippen molar-refractivity contribution >= 4 is 51.4 Å². The van der Waals surface area contributed by atoms with Gasteiger partial charge in [-0.3, -0.25) is 1.33 Å². The normalized spacial score (nSPS) is 10.4. The maximum absolute atomic E-state index is 2.33.